The maximum atomic E-state index is 10.1. The van der Waals surface area contributed by atoms with Crippen LogP contribution in [0.2, 0.25) is 0 Å². The summed E-state index contributed by atoms with van der Waals surface area (Å²) in [4.78, 5) is 4.10. The molecule has 0 aliphatic heterocycles. The molecule has 2 unspecified atom stereocenters. The number of aromatic nitrogens is 1. The van der Waals surface area contributed by atoms with Crippen LogP contribution in [0.25, 0.3) is 0 Å². The van der Waals surface area contributed by atoms with Gasteiger partial charge in [-0.1, -0.05) is 45.6 Å². The fourth-order valence-corrected chi connectivity index (χ4v) is 2.36. The average molecular weight is 249 g/mol. The maximum Gasteiger partial charge on any atom is 0.0546 e. The number of aliphatic hydroxyl groups is 1. The summed E-state index contributed by atoms with van der Waals surface area (Å²) in [6.07, 6.45) is 11.2. The number of aliphatic hydroxyl groups excluding tert-OH is 1. The van der Waals surface area contributed by atoms with Crippen molar-refractivity contribution in [2.75, 3.05) is 0 Å². The molecule has 0 fully saturated rings. The second-order valence-electron chi connectivity index (χ2n) is 5.21. The predicted octanol–water partition coefficient (Wildman–Crippen LogP) is 3.98. The van der Waals surface area contributed by atoms with Crippen molar-refractivity contribution in [3.63, 3.8) is 0 Å². The number of hydrogen-bond donors (Lipinski definition) is 1. The SMILES string of the molecule is CCCCC(CC)CC(O)CCc1cccnc1. The molecule has 102 valence electrons. The van der Waals surface area contributed by atoms with E-state index in [-0.39, 0.29) is 6.10 Å². The molecule has 1 heterocycles. The van der Waals surface area contributed by atoms with Gasteiger partial charge < -0.3 is 5.11 Å². The minimum Gasteiger partial charge on any atom is -0.393 e. The van der Waals surface area contributed by atoms with Crippen LogP contribution >= 0.6 is 0 Å². The summed E-state index contributed by atoms with van der Waals surface area (Å²) in [5.41, 5.74) is 1.22. The van der Waals surface area contributed by atoms with Gasteiger partial charge in [0.1, 0.15) is 0 Å². The maximum absolute atomic E-state index is 10.1. The van der Waals surface area contributed by atoms with E-state index in [0.717, 1.165) is 19.3 Å². The van der Waals surface area contributed by atoms with Crippen molar-refractivity contribution in [1.29, 1.82) is 0 Å². The van der Waals surface area contributed by atoms with Crippen LogP contribution in [0.5, 0.6) is 0 Å². The highest BCUT2D eigenvalue weighted by Gasteiger charge is 2.12. The van der Waals surface area contributed by atoms with E-state index < -0.39 is 0 Å². The molecule has 0 saturated heterocycles. The first-order chi connectivity index (χ1) is 8.76. The Hall–Kier alpha value is -0.890. The van der Waals surface area contributed by atoms with Crippen LogP contribution in [0.3, 0.4) is 0 Å². The van der Waals surface area contributed by atoms with Gasteiger partial charge in [0.15, 0.2) is 0 Å². The summed E-state index contributed by atoms with van der Waals surface area (Å²) >= 11 is 0. The van der Waals surface area contributed by atoms with Gasteiger partial charge in [-0.2, -0.15) is 0 Å². The van der Waals surface area contributed by atoms with Gasteiger partial charge in [0, 0.05) is 12.4 Å². The Morgan fingerprint density at radius 1 is 1.28 bits per heavy atom. The van der Waals surface area contributed by atoms with Crippen molar-refractivity contribution in [3.05, 3.63) is 30.1 Å². The van der Waals surface area contributed by atoms with Crippen LogP contribution in [0.15, 0.2) is 24.5 Å². The lowest BCUT2D eigenvalue weighted by atomic mass is 9.91. The number of pyridine rings is 1. The summed E-state index contributed by atoms with van der Waals surface area (Å²) in [6, 6.07) is 4.03. The third-order valence-electron chi connectivity index (χ3n) is 3.64. The van der Waals surface area contributed by atoms with E-state index in [9.17, 15) is 5.11 Å². The third kappa shape index (κ3) is 6.15. The molecule has 0 radical (unpaired) electrons. The molecule has 0 bridgehead atoms. The second-order valence-corrected chi connectivity index (χ2v) is 5.21. The zero-order valence-electron chi connectivity index (χ0n) is 11.8. The molecule has 0 aromatic carbocycles. The molecule has 1 rings (SSSR count). The predicted molar refractivity (Wildman–Crippen MR) is 76.5 cm³/mol. The van der Waals surface area contributed by atoms with Crippen molar-refractivity contribution in [2.24, 2.45) is 5.92 Å². The van der Waals surface area contributed by atoms with Gasteiger partial charge in [0.2, 0.25) is 0 Å². The standard InChI is InChI=1S/C16H27NO/c1-3-5-7-14(4-2)12-16(18)10-9-15-8-6-11-17-13-15/h6,8,11,13-14,16,18H,3-5,7,9-10,12H2,1-2H3. The molecule has 0 aliphatic carbocycles. The molecule has 1 aromatic heterocycles. The first-order valence-corrected chi connectivity index (χ1v) is 7.33. The number of aryl methyl sites for hydroxylation is 1. The van der Waals surface area contributed by atoms with Crippen molar-refractivity contribution in [2.45, 2.75) is 64.9 Å². The van der Waals surface area contributed by atoms with E-state index in [2.05, 4.69) is 24.9 Å². The van der Waals surface area contributed by atoms with E-state index in [1.165, 1.54) is 31.2 Å². The minimum absolute atomic E-state index is 0.160. The Bertz CT molecular complexity index is 299. The molecule has 1 aromatic rings. The largest absolute Gasteiger partial charge is 0.393 e. The van der Waals surface area contributed by atoms with Crippen LogP contribution in [-0.2, 0) is 6.42 Å². The van der Waals surface area contributed by atoms with E-state index >= 15 is 0 Å². The van der Waals surface area contributed by atoms with Crippen LogP contribution < -0.4 is 0 Å². The van der Waals surface area contributed by atoms with Crippen LogP contribution in [0.4, 0.5) is 0 Å². The van der Waals surface area contributed by atoms with Crippen LogP contribution in [0.1, 0.15) is 57.9 Å². The zero-order chi connectivity index (χ0) is 13.2. The molecule has 0 amide bonds. The lowest BCUT2D eigenvalue weighted by Crippen LogP contribution is -2.14. The van der Waals surface area contributed by atoms with E-state index in [1.807, 2.05) is 12.3 Å². The first kappa shape index (κ1) is 15.2. The Kier molecular flexibility index (Phi) is 7.66. The fraction of sp³-hybridized carbons (Fsp3) is 0.688. The topological polar surface area (TPSA) is 33.1 Å². The molecular formula is C16H27NO. The minimum atomic E-state index is -0.160. The van der Waals surface area contributed by atoms with Crippen molar-refractivity contribution < 1.29 is 5.11 Å². The second kappa shape index (κ2) is 9.09. The Morgan fingerprint density at radius 2 is 2.11 bits per heavy atom. The van der Waals surface area contributed by atoms with Gasteiger partial charge in [0.05, 0.1) is 6.10 Å². The highest BCUT2D eigenvalue weighted by Crippen LogP contribution is 2.20. The molecule has 1 N–H and O–H groups in total. The quantitative estimate of drug-likeness (QED) is 0.718. The molecular weight excluding hydrogens is 222 g/mol. The lowest BCUT2D eigenvalue weighted by molar-refractivity contribution is 0.129. The summed E-state index contributed by atoms with van der Waals surface area (Å²) < 4.78 is 0. The molecule has 2 atom stereocenters. The Morgan fingerprint density at radius 3 is 2.72 bits per heavy atom. The van der Waals surface area contributed by atoms with Gasteiger partial charge in [0.25, 0.3) is 0 Å². The molecule has 0 saturated carbocycles. The molecule has 2 heteroatoms. The lowest BCUT2D eigenvalue weighted by Gasteiger charge is -2.18. The molecule has 18 heavy (non-hydrogen) atoms. The fourth-order valence-electron chi connectivity index (χ4n) is 2.36. The zero-order valence-corrected chi connectivity index (χ0v) is 11.8. The highest BCUT2D eigenvalue weighted by atomic mass is 16.3. The van der Waals surface area contributed by atoms with Gasteiger partial charge in [-0.05, 0) is 36.8 Å². The van der Waals surface area contributed by atoms with Gasteiger partial charge in [-0.3, -0.25) is 4.98 Å². The van der Waals surface area contributed by atoms with Gasteiger partial charge in [-0.15, -0.1) is 0 Å². The van der Waals surface area contributed by atoms with Crippen LogP contribution in [-0.4, -0.2) is 16.2 Å². The summed E-state index contributed by atoms with van der Waals surface area (Å²) in [6.45, 7) is 4.46. The van der Waals surface area contributed by atoms with E-state index in [1.54, 1.807) is 6.20 Å². The molecule has 0 spiro atoms. The number of hydrogen-bond acceptors (Lipinski definition) is 2. The smallest absolute Gasteiger partial charge is 0.0546 e. The average Bonchev–Trinajstić information content (AvgIpc) is 2.42. The Labute approximate surface area is 111 Å². The Balaban J connectivity index is 2.25. The monoisotopic (exact) mass is 249 g/mol. The third-order valence-corrected chi connectivity index (χ3v) is 3.64. The number of unbranched alkanes of at least 4 members (excludes halogenated alkanes) is 1. The normalized spacial score (nSPS) is 14.4. The number of rotatable bonds is 9. The molecule has 0 aliphatic rings. The summed E-state index contributed by atoms with van der Waals surface area (Å²) in [5, 5.41) is 10.1. The van der Waals surface area contributed by atoms with Crippen molar-refractivity contribution in [1.82, 2.24) is 4.98 Å². The summed E-state index contributed by atoms with van der Waals surface area (Å²) in [7, 11) is 0. The molecule has 2 nitrogen and oxygen atoms in total. The highest BCUT2D eigenvalue weighted by molar-refractivity contribution is 5.08. The van der Waals surface area contributed by atoms with Gasteiger partial charge in [-0.25, -0.2) is 0 Å². The first-order valence-electron chi connectivity index (χ1n) is 7.33. The number of nitrogens with zero attached hydrogens (tertiary/aromatic N) is 1. The van der Waals surface area contributed by atoms with E-state index in [4.69, 9.17) is 0 Å². The van der Waals surface area contributed by atoms with E-state index in [0.29, 0.717) is 5.92 Å². The van der Waals surface area contributed by atoms with Crippen molar-refractivity contribution >= 4 is 0 Å². The van der Waals surface area contributed by atoms with Gasteiger partial charge >= 0.3 is 0 Å². The van der Waals surface area contributed by atoms with Crippen molar-refractivity contribution in [3.8, 4) is 0 Å². The summed E-state index contributed by atoms with van der Waals surface area (Å²) in [5.74, 6) is 0.689. The van der Waals surface area contributed by atoms with Crippen LogP contribution in [0, 0.1) is 5.92 Å².